The quantitative estimate of drug-likeness (QED) is 0.505. The maximum Gasteiger partial charge on any atom is 0.419 e. The summed E-state index contributed by atoms with van der Waals surface area (Å²) in [5, 5.41) is 9.39. The second-order valence-electron chi connectivity index (χ2n) is 4.07. The number of hydrogen-bond donors (Lipinski definition) is 1. The number of carbonyl (C=O) groups excluding carboxylic acids is 1. The summed E-state index contributed by atoms with van der Waals surface area (Å²) >= 11 is 0. The highest BCUT2D eigenvalue weighted by Gasteiger charge is 2.35. The summed E-state index contributed by atoms with van der Waals surface area (Å²) in [6, 6.07) is 1.83. The van der Waals surface area contributed by atoms with E-state index in [0.29, 0.717) is 12.5 Å². The Labute approximate surface area is 109 Å². The predicted octanol–water partition coefficient (Wildman–Crippen LogP) is 3.71. The topological polar surface area (TPSA) is 37.3 Å². The van der Waals surface area contributed by atoms with E-state index in [1.54, 1.807) is 0 Å². The van der Waals surface area contributed by atoms with Crippen LogP contribution >= 0.6 is 0 Å². The lowest BCUT2D eigenvalue weighted by Gasteiger charge is -2.11. The molecule has 0 aliphatic heterocycles. The number of hydrogen-bond acceptors (Lipinski definition) is 2. The molecule has 102 valence electrons. The zero-order valence-electron chi connectivity index (χ0n) is 10.6. The standard InChI is InChI=1S/C14H13F3O2/c1-3-4-5-6-12(18)10-7-9(2)13(19)11(8-10)14(15,16)17/h7-8,19H,3-4H2,1-2H3. The van der Waals surface area contributed by atoms with E-state index in [9.17, 15) is 23.1 Å². The van der Waals surface area contributed by atoms with Gasteiger partial charge in [-0.2, -0.15) is 13.2 Å². The van der Waals surface area contributed by atoms with Gasteiger partial charge in [0.25, 0.3) is 0 Å². The molecule has 0 saturated carbocycles. The van der Waals surface area contributed by atoms with Crippen LogP contribution in [0.4, 0.5) is 13.2 Å². The molecular formula is C14H13F3O2. The lowest BCUT2D eigenvalue weighted by molar-refractivity contribution is -0.138. The predicted molar refractivity (Wildman–Crippen MR) is 64.9 cm³/mol. The number of rotatable bonds is 2. The molecule has 0 aliphatic carbocycles. The maximum atomic E-state index is 12.7. The number of aromatic hydroxyl groups is 1. The molecule has 0 unspecified atom stereocenters. The molecule has 0 heterocycles. The van der Waals surface area contributed by atoms with Gasteiger partial charge in [0.2, 0.25) is 5.78 Å². The van der Waals surface area contributed by atoms with E-state index in [-0.39, 0.29) is 11.1 Å². The average molecular weight is 270 g/mol. The molecule has 0 aliphatic rings. The van der Waals surface area contributed by atoms with E-state index >= 15 is 0 Å². The van der Waals surface area contributed by atoms with Crippen LogP contribution in [0.25, 0.3) is 0 Å². The van der Waals surface area contributed by atoms with Crippen LogP contribution in [0.5, 0.6) is 5.75 Å². The monoisotopic (exact) mass is 270 g/mol. The number of phenolic OH excluding ortho intramolecular Hbond substituents is 1. The SMILES string of the molecule is CCCC#CC(=O)c1cc(C)c(O)c(C(F)(F)F)c1. The van der Waals surface area contributed by atoms with Crippen LogP contribution in [0.2, 0.25) is 0 Å². The molecule has 5 heteroatoms. The summed E-state index contributed by atoms with van der Waals surface area (Å²) in [6.07, 6.45) is -3.43. The van der Waals surface area contributed by atoms with Crippen LogP contribution in [0.15, 0.2) is 12.1 Å². The molecule has 1 N–H and O–H groups in total. The van der Waals surface area contributed by atoms with E-state index in [2.05, 4.69) is 11.8 Å². The fraction of sp³-hybridized carbons (Fsp3) is 0.357. The summed E-state index contributed by atoms with van der Waals surface area (Å²) in [5.41, 5.74) is -1.38. The number of aryl methyl sites for hydroxylation is 1. The average Bonchev–Trinajstić information content (AvgIpc) is 2.31. The van der Waals surface area contributed by atoms with Gasteiger partial charge in [-0.3, -0.25) is 4.79 Å². The van der Waals surface area contributed by atoms with Gasteiger partial charge in [-0.05, 0) is 37.0 Å². The molecule has 1 aromatic rings. The smallest absolute Gasteiger partial charge is 0.419 e. The number of halogens is 3. The normalized spacial score (nSPS) is 10.8. The Morgan fingerprint density at radius 3 is 2.53 bits per heavy atom. The first-order valence-corrected chi connectivity index (χ1v) is 5.71. The van der Waals surface area contributed by atoms with Gasteiger partial charge < -0.3 is 5.11 Å². The van der Waals surface area contributed by atoms with Crippen molar-refractivity contribution in [3.05, 3.63) is 28.8 Å². The molecular weight excluding hydrogens is 257 g/mol. The third-order valence-electron chi connectivity index (χ3n) is 2.44. The van der Waals surface area contributed by atoms with Crippen LogP contribution in [-0.4, -0.2) is 10.9 Å². The van der Waals surface area contributed by atoms with E-state index < -0.39 is 23.3 Å². The van der Waals surface area contributed by atoms with Crippen molar-refractivity contribution >= 4 is 5.78 Å². The summed E-state index contributed by atoms with van der Waals surface area (Å²) < 4.78 is 38.0. The molecule has 19 heavy (non-hydrogen) atoms. The van der Waals surface area contributed by atoms with Gasteiger partial charge in [-0.25, -0.2) is 0 Å². The van der Waals surface area contributed by atoms with Crippen LogP contribution in [-0.2, 0) is 6.18 Å². The molecule has 0 spiro atoms. The van der Waals surface area contributed by atoms with Crippen molar-refractivity contribution in [1.82, 2.24) is 0 Å². The van der Waals surface area contributed by atoms with Gasteiger partial charge in [0.05, 0.1) is 5.56 Å². The van der Waals surface area contributed by atoms with Crippen molar-refractivity contribution in [3.8, 4) is 17.6 Å². The number of Topliss-reactive ketones (excluding diaryl/α,β-unsaturated/α-hetero) is 1. The Balaban J connectivity index is 3.22. The zero-order valence-corrected chi connectivity index (χ0v) is 10.6. The van der Waals surface area contributed by atoms with E-state index in [1.807, 2.05) is 6.92 Å². The van der Waals surface area contributed by atoms with Crippen LogP contribution in [0.1, 0.15) is 41.3 Å². The largest absolute Gasteiger partial charge is 0.507 e. The van der Waals surface area contributed by atoms with Crippen molar-refractivity contribution in [2.24, 2.45) is 0 Å². The first-order chi connectivity index (χ1) is 8.77. The number of ketones is 1. The van der Waals surface area contributed by atoms with E-state index in [1.165, 1.54) is 13.0 Å². The number of unbranched alkanes of at least 4 members (excludes halogenated alkanes) is 1. The van der Waals surface area contributed by atoms with Gasteiger partial charge in [-0.15, -0.1) is 0 Å². The second kappa shape index (κ2) is 5.79. The summed E-state index contributed by atoms with van der Waals surface area (Å²) in [5.74, 6) is 3.33. The number of phenols is 1. The van der Waals surface area contributed by atoms with Crippen molar-refractivity contribution in [1.29, 1.82) is 0 Å². The molecule has 0 saturated heterocycles. The molecule has 0 bridgehead atoms. The highest BCUT2D eigenvalue weighted by Crippen LogP contribution is 2.38. The summed E-state index contributed by atoms with van der Waals surface area (Å²) in [6.45, 7) is 3.19. The van der Waals surface area contributed by atoms with Gasteiger partial charge in [0, 0.05) is 12.0 Å². The minimum Gasteiger partial charge on any atom is -0.507 e. The highest BCUT2D eigenvalue weighted by atomic mass is 19.4. The van der Waals surface area contributed by atoms with Gasteiger partial charge in [-0.1, -0.05) is 12.8 Å². The molecule has 0 fully saturated rings. The molecule has 1 rings (SSSR count). The Kier molecular flexibility index (Phi) is 4.60. The fourth-order valence-electron chi connectivity index (χ4n) is 1.47. The first-order valence-electron chi connectivity index (χ1n) is 5.71. The first kappa shape index (κ1) is 15.1. The molecule has 1 aromatic carbocycles. The fourth-order valence-corrected chi connectivity index (χ4v) is 1.47. The lowest BCUT2D eigenvalue weighted by Crippen LogP contribution is -2.08. The Hall–Kier alpha value is -1.96. The Morgan fingerprint density at radius 2 is 2.00 bits per heavy atom. The summed E-state index contributed by atoms with van der Waals surface area (Å²) in [7, 11) is 0. The number of carbonyl (C=O) groups is 1. The van der Waals surface area contributed by atoms with Crippen molar-refractivity contribution in [2.75, 3.05) is 0 Å². The third-order valence-corrected chi connectivity index (χ3v) is 2.44. The number of benzene rings is 1. The van der Waals surface area contributed by atoms with E-state index in [0.717, 1.165) is 6.42 Å². The van der Waals surface area contributed by atoms with E-state index in [4.69, 9.17) is 0 Å². The van der Waals surface area contributed by atoms with Gasteiger partial charge in [0.1, 0.15) is 5.75 Å². The maximum absolute atomic E-state index is 12.7. The van der Waals surface area contributed by atoms with Gasteiger partial charge >= 0.3 is 6.18 Å². The Bertz CT molecular complexity index is 548. The molecule has 2 nitrogen and oxygen atoms in total. The minimum absolute atomic E-state index is 0.00420. The molecule has 0 amide bonds. The van der Waals surface area contributed by atoms with Crippen LogP contribution in [0.3, 0.4) is 0 Å². The van der Waals surface area contributed by atoms with Crippen LogP contribution in [0, 0.1) is 18.8 Å². The molecule has 0 radical (unpaired) electrons. The molecule has 0 atom stereocenters. The number of alkyl halides is 3. The third kappa shape index (κ3) is 3.75. The van der Waals surface area contributed by atoms with Gasteiger partial charge in [0.15, 0.2) is 0 Å². The van der Waals surface area contributed by atoms with Crippen molar-refractivity contribution < 1.29 is 23.1 Å². The minimum atomic E-state index is -4.71. The Morgan fingerprint density at radius 1 is 1.37 bits per heavy atom. The highest BCUT2D eigenvalue weighted by molar-refractivity contribution is 6.09. The zero-order chi connectivity index (χ0) is 14.6. The van der Waals surface area contributed by atoms with Crippen molar-refractivity contribution in [3.63, 3.8) is 0 Å². The summed E-state index contributed by atoms with van der Waals surface area (Å²) in [4.78, 5) is 11.6. The molecule has 0 aromatic heterocycles. The van der Waals surface area contributed by atoms with Crippen LogP contribution < -0.4 is 0 Å². The second-order valence-corrected chi connectivity index (χ2v) is 4.07. The lowest BCUT2D eigenvalue weighted by atomic mass is 10.0. The van der Waals surface area contributed by atoms with Crippen molar-refractivity contribution in [2.45, 2.75) is 32.9 Å².